The highest BCUT2D eigenvalue weighted by molar-refractivity contribution is 5.48. The zero-order chi connectivity index (χ0) is 15.4. The van der Waals surface area contributed by atoms with Gasteiger partial charge in [-0.25, -0.2) is 0 Å². The maximum Gasteiger partial charge on any atom is 0.0713 e. The fourth-order valence-electron chi connectivity index (χ4n) is 2.89. The highest BCUT2D eigenvalue weighted by atomic mass is 16.5. The largest absolute Gasteiger partial charge is 0.380 e. The molecule has 0 aliphatic carbocycles. The average molecular weight is 287 g/mol. The van der Waals surface area contributed by atoms with Gasteiger partial charge in [-0.15, -0.1) is 0 Å². The summed E-state index contributed by atoms with van der Waals surface area (Å²) in [4.78, 5) is 0. The molecule has 1 atom stereocenters. The first-order chi connectivity index (χ1) is 10.1. The second-order valence-corrected chi connectivity index (χ2v) is 5.40. The Morgan fingerprint density at radius 1 is 1.33 bits per heavy atom. The van der Waals surface area contributed by atoms with E-state index in [4.69, 9.17) is 4.74 Å². The second kappa shape index (κ2) is 6.76. The minimum absolute atomic E-state index is 0.225. The minimum Gasteiger partial charge on any atom is -0.380 e. The molecule has 4 heteroatoms. The van der Waals surface area contributed by atoms with Crippen LogP contribution in [0.1, 0.15) is 42.4 Å². The van der Waals surface area contributed by atoms with Crippen LogP contribution in [-0.2, 0) is 17.9 Å². The van der Waals surface area contributed by atoms with E-state index in [1.165, 1.54) is 16.8 Å². The molecular formula is C17H25N3O. The van der Waals surface area contributed by atoms with Gasteiger partial charge in [-0.05, 0) is 45.4 Å². The van der Waals surface area contributed by atoms with Gasteiger partial charge in [0.15, 0.2) is 0 Å². The topological polar surface area (TPSA) is 39.1 Å². The lowest BCUT2D eigenvalue weighted by Crippen LogP contribution is -2.09. The highest BCUT2D eigenvalue weighted by Gasteiger charge is 2.16. The molecule has 0 aliphatic heterocycles. The quantitative estimate of drug-likeness (QED) is 0.877. The van der Waals surface area contributed by atoms with Crippen LogP contribution < -0.4 is 5.32 Å². The molecule has 1 unspecified atom stereocenters. The van der Waals surface area contributed by atoms with Crippen LogP contribution in [0.15, 0.2) is 24.3 Å². The summed E-state index contributed by atoms with van der Waals surface area (Å²) >= 11 is 0. The van der Waals surface area contributed by atoms with Crippen molar-refractivity contribution in [2.45, 2.75) is 46.9 Å². The molecule has 1 aromatic carbocycles. The zero-order valence-corrected chi connectivity index (χ0v) is 13.6. The first-order valence-corrected chi connectivity index (χ1v) is 7.45. The number of hydrogen-bond acceptors (Lipinski definition) is 3. The number of nitrogens with zero attached hydrogens (tertiary/aromatic N) is 2. The van der Waals surface area contributed by atoms with Crippen LogP contribution in [0, 0.1) is 13.8 Å². The number of hydrogen-bond donors (Lipinski definition) is 1. The van der Waals surface area contributed by atoms with E-state index in [-0.39, 0.29) is 6.04 Å². The summed E-state index contributed by atoms with van der Waals surface area (Å²) in [6.45, 7) is 10.1. The molecule has 2 rings (SSSR count). The fraction of sp³-hybridized carbons (Fsp3) is 0.471. The van der Waals surface area contributed by atoms with Gasteiger partial charge in [0.25, 0.3) is 0 Å². The lowest BCUT2D eigenvalue weighted by Gasteiger charge is -2.17. The van der Waals surface area contributed by atoms with E-state index in [9.17, 15) is 0 Å². The van der Waals surface area contributed by atoms with Crippen LogP contribution in [0.2, 0.25) is 0 Å². The number of nitrogens with one attached hydrogen (secondary N) is 1. The molecule has 1 N–H and O–H groups in total. The van der Waals surface area contributed by atoms with E-state index in [1.807, 2.05) is 0 Å². The summed E-state index contributed by atoms with van der Waals surface area (Å²) in [6, 6.07) is 8.58. The van der Waals surface area contributed by atoms with Gasteiger partial charge in [0, 0.05) is 30.6 Å². The first kappa shape index (κ1) is 15.6. The maximum absolute atomic E-state index is 5.19. The Morgan fingerprint density at radius 3 is 2.71 bits per heavy atom. The van der Waals surface area contributed by atoms with E-state index < -0.39 is 0 Å². The van der Waals surface area contributed by atoms with Gasteiger partial charge >= 0.3 is 0 Å². The summed E-state index contributed by atoms with van der Waals surface area (Å²) in [6.07, 6.45) is 0. The predicted molar refractivity (Wildman–Crippen MR) is 86.6 cm³/mol. The van der Waals surface area contributed by atoms with Crippen molar-refractivity contribution in [1.82, 2.24) is 9.78 Å². The molecule has 114 valence electrons. The van der Waals surface area contributed by atoms with E-state index in [2.05, 4.69) is 67.1 Å². The van der Waals surface area contributed by atoms with Crippen LogP contribution in [0.25, 0.3) is 0 Å². The Morgan fingerprint density at radius 2 is 2.10 bits per heavy atom. The van der Waals surface area contributed by atoms with Crippen molar-refractivity contribution in [2.75, 3.05) is 12.4 Å². The van der Waals surface area contributed by atoms with Crippen molar-refractivity contribution in [3.63, 3.8) is 0 Å². The first-order valence-electron chi connectivity index (χ1n) is 7.45. The number of methoxy groups -OCH3 is 1. The molecule has 0 saturated carbocycles. The van der Waals surface area contributed by atoms with Crippen molar-refractivity contribution in [2.24, 2.45) is 0 Å². The molecule has 0 radical (unpaired) electrons. The Labute approximate surface area is 127 Å². The number of benzene rings is 1. The Kier molecular flexibility index (Phi) is 5.02. The standard InChI is InChI=1S/C17H25N3O/c1-6-20-14(4)17(13(3)19-20)12(2)18-16-9-7-8-15(10-16)11-21-5/h7-10,12,18H,6,11H2,1-5H3. The van der Waals surface area contributed by atoms with E-state index >= 15 is 0 Å². The number of aryl methyl sites for hydroxylation is 2. The smallest absolute Gasteiger partial charge is 0.0713 e. The summed E-state index contributed by atoms with van der Waals surface area (Å²) in [5, 5.41) is 8.16. The summed E-state index contributed by atoms with van der Waals surface area (Å²) in [5.41, 5.74) is 5.91. The predicted octanol–water partition coefficient (Wildman–Crippen LogP) is 3.84. The van der Waals surface area contributed by atoms with Crippen LogP contribution in [0.4, 0.5) is 5.69 Å². The zero-order valence-electron chi connectivity index (χ0n) is 13.6. The van der Waals surface area contributed by atoms with Crippen LogP contribution in [0.3, 0.4) is 0 Å². The van der Waals surface area contributed by atoms with Crippen molar-refractivity contribution >= 4 is 5.69 Å². The molecule has 1 heterocycles. The van der Waals surface area contributed by atoms with Gasteiger partial charge < -0.3 is 10.1 Å². The Hall–Kier alpha value is -1.81. The van der Waals surface area contributed by atoms with Crippen LogP contribution >= 0.6 is 0 Å². The van der Waals surface area contributed by atoms with Crippen molar-refractivity contribution in [3.05, 3.63) is 46.8 Å². The molecule has 0 bridgehead atoms. The van der Waals surface area contributed by atoms with Crippen molar-refractivity contribution < 1.29 is 4.74 Å². The number of rotatable bonds is 6. The van der Waals surface area contributed by atoms with Gasteiger partial charge in [0.2, 0.25) is 0 Å². The lowest BCUT2D eigenvalue weighted by molar-refractivity contribution is 0.185. The van der Waals surface area contributed by atoms with E-state index in [0.29, 0.717) is 6.61 Å². The third-order valence-corrected chi connectivity index (χ3v) is 3.79. The van der Waals surface area contributed by atoms with Gasteiger partial charge in [0.1, 0.15) is 0 Å². The van der Waals surface area contributed by atoms with E-state index in [1.54, 1.807) is 7.11 Å². The molecule has 0 fully saturated rings. The highest BCUT2D eigenvalue weighted by Crippen LogP contribution is 2.25. The molecule has 0 saturated heterocycles. The lowest BCUT2D eigenvalue weighted by atomic mass is 10.1. The molecule has 4 nitrogen and oxygen atoms in total. The number of ether oxygens (including phenoxy) is 1. The maximum atomic E-state index is 5.19. The normalized spacial score (nSPS) is 12.4. The Balaban J connectivity index is 2.20. The molecule has 2 aromatic rings. The second-order valence-electron chi connectivity index (χ2n) is 5.40. The number of anilines is 1. The molecule has 0 amide bonds. The van der Waals surface area contributed by atoms with Crippen molar-refractivity contribution in [1.29, 1.82) is 0 Å². The molecule has 0 aliphatic rings. The SMILES string of the molecule is CCn1nc(C)c(C(C)Nc2cccc(COC)c2)c1C. The average Bonchev–Trinajstić information content (AvgIpc) is 2.74. The molecular weight excluding hydrogens is 262 g/mol. The third-order valence-electron chi connectivity index (χ3n) is 3.79. The van der Waals surface area contributed by atoms with Gasteiger partial charge in [0.05, 0.1) is 18.3 Å². The minimum atomic E-state index is 0.225. The molecule has 21 heavy (non-hydrogen) atoms. The van der Waals surface area contributed by atoms with Crippen LogP contribution in [-0.4, -0.2) is 16.9 Å². The van der Waals surface area contributed by atoms with E-state index in [0.717, 1.165) is 17.9 Å². The van der Waals surface area contributed by atoms with Crippen molar-refractivity contribution in [3.8, 4) is 0 Å². The fourth-order valence-corrected chi connectivity index (χ4v) is 2.89. The number of aromatic nitrogens is 2. The molecule has 0 spiro atoms. The summed E-state index contributed by atoms with van der Waals surface area (Å²) in [5.74, 6) is 0. The summed E-state index contributed by atoms with van der Waals surface area (Å²) < 4.78 is 7.25. The monoisotopic (exact) mass is 287 g/mol. The van der Waals surface area contributed by atoms with Gasteiger partial charge in [-0.3, -0.25) is 4.68 Å². The van der Waals surface area contributed by atoms with Gasteiger partial charge in [-0.1, -0.05) is 12.1 Å². The third kappa shape index (κ3) is 3.45. The Bertz CT molecular complexity index is 604. The van der Waals surface area contributed by atoms with Gasteiger partial charge in [-0.2, -0.15) is 5.10 Å². The summed E-state index contributed by atoms with van der Waals surface area (Å²) in [7, 11) is 1.72. The van der Waals surface area contributed by atoms with Crippen LogP contribution in [0.5, 0.6) is 0 Å². The molecule has 1 aromatic heterocycles.